The van der Waals surface area contributed by atoms with E-state index in [-0.39, 0.29) is 12.0 Å². The number of aromatic hydroxyl groups is 1. The zero-order valence-electron chi connectivity index (χ0n) is 19.9. The van der Waals surface area contributed by atoms with Crippen LogP contribution in [0.15, 0.2) is 30.5 Å². The first kappa shape index (κ1) is 23.7. The number of nitrogens with zero attached hydrogens (tertiary/aromatic N) is 6. The lowest BCUT2D eigenvalue weighted by molar-refractivity contribution is 0.122. The van der Waals surface area contributed by atoms with Crippen molar-refractivity contribution in [3.05, 3.63) is 47.5 Å². The van der Waals surface area contributed by atoms with E-state index in [9.17, 15) is 14.3 Å². The van der Waals surface area contributed by atoms with E-state index in [0.29, 0.717) is 50.8 Å². The highest BCUT2D eigenvalue weighted by Crippen LogP contribution is 2.31. The van der Waals surface area contributed by atoms with Crippen molar-refractivity contribution in [2.24, 2.45) is 0 Å². The van der Waals surface area contributed by atoms with Crippen molar-refractivity contribution in [3.63, 3.8) is 0 Å². The molecule has 1 fully saturated rings. The van der Waals surface area contributed by atoms with Crippen molar-refractivity contribution < 1.29 is 19.0 Å². The van der Waals surface area contributed by atoms with Crippen LogP contribution in [0.2, 0.25) is 0 Å². The lowest BCUT2D eigenvalue weighted by atomic mass is 10.0. The molecule has 0 atom stereocenters. The van der Waals surface area contributed by atoms with Crippen LogP contribution in [0.1, 0.15) is 18.2 Å². The third-order valence-electron chi connectivity index (χ3n) is 6.09. The molecule has 0 aliphatic carbocycles. The standard InChI is InChI=1S/C24H27FN8O3/c1-2-26-24(35)28-16-5-3-15(4-6-16)20-29-19-14-33(23-27-13-18(25)22(34)31-23)8-7-17(19)21(30-20)32-9-11-36-12-10-32/h3-6,13H,2,7-12,14H2,1H3,(H2,26,28,35)(H,27,31,34). The molecule has 36 heavy (non-hydrogen) atoms. The molecule has 0 saturated carbocycles. The molecule has 4 heterocycles. The van der Waals surface area contributed by atoms with Crippen LogP contribution in [-0.2, 0) is 17.7 Å². The summed E-state index contributed by atoms with van der Waals surface area (Å²) >= 11 is 0. The second-order valence-electron chi connectivity index (χ2n) is 8.47. The number of carbonyl (C=O) groups is 1. The van der Waals surface area contributed by atoms with Crippen molar-refractivity contribution in [3.8, 4) is 17.3 Å². The highest BCUT2D eigenvalue weighted by atomic mass is 19.1. The van der Waals surface area contributed by atoms with Gasteiger partial charge in [0.05, 0.1) is 31.6 Å². The Labute approximate surface area is 207 Å². The van der Waals surface area contributed by atoms with E-state index in [0.717, 1.165) is 41.9 Å². The van der Waals surface area contributed by atoms with E-state index in [1.165, 1.54) is 0 Å². The summed E-state index contributed by atoms with van der Waals surface area (Å²) in [5, 5.41) is 15.2. The molecule has 2 aliphatic rings. The molecule has 3 N–H and O–H groups in total. The summed E-state index contributed by atoms with van der Waals surface area (Å²) < 4.78 is 19.0. The van der Waals surface area contributed by atoms with E-state index >= 15 is 0 Å². The van der Waals surface area contributed by atoms with Gasteiger partial charge in [-0.05, 0) is 37.6 Å². The Hall–Kier alpha value is -4.06. The maximum atomic E-state index is 13.5. The highest BCUT2D eigenvalue weighted by molar-refractivity contribution is 5.89. The number of nitrogens with one attached hydrogen (secondary N) is 2. The van der Waals surface area contributed by atoms with Gasteiger partial charge in [0.2, 0.25) is 11.8 Å². The summed E-state index contributed by atoms with van der Waals surface area (Å²) in [6.45, 7) is 6.09. The Kier molecular flexibility index (Phi) is 6.76. The Bertz CT molecular complexity index is 1250. The third-order valence-corrected chi connectivity index (χ3v) is 6.09. The van der Waals surface area contributed by atoms with Gasteiger partial charge in [0.15, 0.2) is 5.82 Å². The number of rotatable bonds is 5. The second kappa shape index (κ2) is 10.3. The predicted octanol–water partition coefficient (Wildman–Crippen LogP) is 2.32. The van der Waals surface area contributed by atoms with Crippen molar-refractivity contribution in [1.82, 2.24) is 25.3 Å². The molecule has 1 saturated heterocycles. The molecule has 2 aromatic heterocycles. The Morgan fingerprint density at radius 2 is 1.89 bits per heavy atom. The summed E-state index contributed by atoms with van der Waals surface area (Å²) in [5.74, 6) is 0.147. The van der Waals surface area contributed by atoms with Crippen LogP contribution in [-0.4, -0.2) is 70.5 Å². The summed E-state index contributed by atoms with van der Waals surface area (Å²) in [6.07, 6.45) is 1.62. The van der Waals surface area contributed by atoms with Gasteiger partial charge in [-0.15, -0.1) is 0 Å². The van der Waals surface area contributed by atoms with Crippen molar-refractivity contribution >= 4 is 23.5 Å². The minimum Gasteiger partial charge on any atom is -0.491 e. The molecule has 3 aromatic rings. The zero-order chi connectivity index (χ0) is 25.1. The first-order valence-electron chi connectivity index (χ1n) is 11.9. The molecule has 188 valence electrons. The number of urea groups is 1. The van der Waals surface area contributed by atoms with Crippen molar-refractivity contribution in [2.75, 3.05) is 54.5 Å². The van der Waals surface area contributed by atoms with Gasteiger partial charge in [-0.3, -0.25) is 0 Å². The number of halogens is 1. The van der Waals surface area contributed by atoms with Gasteiger partial charge in [0.25, 0.3) is 5.88 Å². The maximum Gasteiger partial charge on any atom is 0.319 e. The molecule has 0 bridgehead atoms. The molecule has 2 aliphatic heterocycles. The fraction of sp³-hybridized carbons (Fsp3) is 0.375. The van der Waals surface area contributed by atoms with Crippen LogP contribution in [0, 0.1) is 5.82 Å². The first-order chi connectivity index (χ1) is 17.5. The number of aromatic nitrogens is 4. The number of fused-ring (bicyclic) bond motifs is 1. The summed E-state index contributed by atoms with van der Waals surface area (Å²) in [4.78, 5) is 33.7. The van der Waals surface area contributed by atoms with Crippen LogP contribution in [0.5, 0.6) is 5.88 Å². The van der Waals surface area contributed by atoms with Gasteiger partial charge in [-0.2, -0.15) is 9.37 Å². The molecular weight excluding hydrogens is 467 g/mol. The summed E-state index contributed by atoms with van der Waals surface area (Å²) in [6, 6.07) is 7.09. The third kappa shape index (κ3) is 4.98. The normalized spacial score (nSPS) is 15.4. The number of carbonyl (C=O) groups excluding carboxylic acids is 1. The van der Waals surface area contributed by atoms with E-state index < -0.39 is 11.7 Å². The molecular formula is C24H27FN8O3. The Morgan fingerprint density at radius 1 is 1.11 bits per heavy atom. The number of anilines is 3. The first-order valence-corrected chi connectivity index (χ1v) is 11.9. The monoisotopic (exact) mass is 494 g/mol. The van der Waals surface area contributed by atoms with Crippen molar-refractivity contribution in [1.29, 1.82) is 0 Å². The SMILES string of the molecule is CCNC(=O)Nc1ccc(-c2nc3c(c(N4CCOCC4)n2)CCN(c2ncc(F)c(O)n2)C3)cc1. The highest BCUT2D eigenvalue weighted by Gasteiger charge is 2.28. The number of hydrogen-bond donors (Lipinski definition) is 3. The molecule has 0 unspecified atom stereocenters. The quantitative estimate of drug-likeness (QED) is 0.489. The number of hydrogen-bond acceptors (Lipinski definition) is 9. The molecule has 12 heteroatoms. The van der Waals surface area contributed by atoms with Crippen molar-refractivity contribution in [2.45, 2.75) is 19.9 Å². The fourth-order valence-electron chi connectivity index (χ4n) is 4.29. The van der Waals surface area contributed by atoms with E-state index in [2.05, 4.69) is 25.5 Å². The number of ether oxygens (including phenoxy) is 1. The minimum atomic E-state index is -0.861. The fourth-order valence-corrected chi connectivity index (χ4v) is 4.29. The predicted molar refractivity (Wildman–Crippen MR) is 132 cm³/mol. The molecule has 5 rings (SSSR count). The molecule has 0 spiro atoms. The van der Waals surface area contributed by atoms with Gasteiger partial charge in [-0.1, -0.05) is 0 Å². The van der Waals surface area contributed by atoms with Crippen LogP contribution in [0.25, 0.3) is 11.4 Å². The van der Waals surface area contributed by atoms with Gasteiger partial charge in [-0.25, -0.2) is 19.7 Å². The van der Waals surface area contributed by atoms with Gasteiger partial charge < -0.3 is 30.3 Å². The molecule has 1 aromatic carbocycles. The van der Waals surface area contributed by atoms with Crippen LogP contribution in [0.4, 0.5) is 26.6 Å². The average Bonchev–Trinajstić information content (AvgIpc) is 2.90. The van der Waals surface area contributed by atoms with Crippen LogP contribution >= 0.6 is 0 Å². The number of benzene rings is 1. The van der Waals surface area contributed by atoms with E-state index in [4.69, 9.17) is 14.7 Å². The molecule has 0 radical (unpaired) electrons. The Morgan fingerprint density at radius 3 is 2.61 bits per heavy atom. The van der Waals surface area contributed by atoms with Crippen LogP contribution in [0.3, 0.4) is 0 Å². The zero-order valence-corrected chi connectivity index (χ0v) is 19.9. The van der Waals surface area contributed by atoms with E-state index in [1.807, 2.05) is 36.1 Å². The average molecular weight is 495 g/mol. The lowest BCUT2D eigenvalue weighted by Gasteiger charge is -2.34. The summed E-state index contributed by atoms with van der Waals surface area (Å²) in [5.41, 5.74) is 3.35. The lowest BCUT2D eigenvalue weighted by Crippen LogP contribution is -2.40. The maximum absolute atomic E-state index is 13.5. The van der Waals surface area contributed by atoms with Gasteiger partial charge in [0.1, 0.15) is 5.82 Å². The van der Waals surface area contributed by atoms with Crippen LogP contribution < -0.4 is 20.4 Å². The number of amides is 2. The molecule has 11 nitrogen and oxygen atoms in total. The minimum absolute atomic E-state index is 0.244. The Balaban J connectivity index is 1.48. The van der Waals surface area contributed by atoms with Gasteiger partial charge >= 0.3 is 6.03 Å². The summed E-state index contributed by atoms with van der Waals surface area (Å²) in [7, 11) is 0. The second-order valence-corrected chi connectivity index (χ2v) is 8.47. The topological polar surface area (TPSA) is 129 Å². The van der Waals surface area contributed by atoms with E-state index in [1.54, 1.807) is 0 Å². The van der Waals surface area contributed by atoms with Gasteiger partial charge in [0, 0.05) is 43.0 Å². The number of morpholine rings is 1. The largest absolute Gasteiger partial charge is 0.491 e. The molecule has 2 amide bonds. The smallest absolute Gasteiger partial charge is 0.319 e.